The maximum absolute atomic E-state index is 5.58. The molecule has 2 aromatic rings. The molecule has 0 aromatic carbocycles. The van der Waals surface area contributed by atoms with Gasteiger partial charge < -0.3 is 11.1 Å². The van der Waals surface area contributed by atoms with Crippen molar-refractivity contribution in [3.63, 3.8) is 0 Å². The van der Waals surface area contributed by atoms with Gasteiger partial charge >= 0.3 is 0 Å². The Balaban J connectivity index is 2.24. The number of nitrogens with one attached hydrogen (secondary N) is 1. The van der Waals surface area contributed by atoms with Gasteiger partial charge in [-0.3, -0.25) is 0 Å². The average molecular weight is 236 g/mol. The third-order valence-electron chi connectivity index (χ3n) is 2.55. The zero-order valence-corrected chi connectivity index (χ0v) is 10.3. The number of anilines is 1. The highest BCUT2D eigenvalue weighted by Crippen LogP contribution is 2.28. The molecule has 2 rings (SSSR count). The van der Waals surface area contributed by atoms with E-state index in [1.807, 2.05) is 0 Å². The third kappa shape index (κ3) is 2.15. The maximum atomic E-state index is 5.58. The van der Waals surface area contributed by atoms with E-state index in [-0.39, 0.29) is 0 Å². The summed E-state index contributed by atoms with van der Waals surface area (Å²) in [6.45, 7) is 5.72. The van der Waals surface area contributed by atoms with E-state index in [0.717, 1.165) is 22.6 Å². The number of hydrogen-bond donors (Lipinski definition) is 2. The standard InChI is InChI=1S/C11H16N4S/c1-7(3-12)4-13-11-10-9(14-6-15-11)8(2)5-16-10/h5-7H,3-4,12H2,1-2H3,(H,13,14,15). The lowest BCUT2D eigenvalue weighted by Gasteiger charge is -2.10. The van der Waals surface area contributed by atoms with Crippen LogP contribution in [0.3, 0.4) is 0 Å². The smallest absolute Gasteiger partial charge is 0.147 e. The van der Waals surface area contributed by atoms with Gasteiger partial charge in [0.15, 0.2) is 0 Å². The monoisotopic (exact) mass is 236 g/mol. The van der Waals surface area contributed by atoms with Crippen LogP contribution < -0.4 is 11.1 Å². The molecule has 0 saturated heterocycles. The summed E-state index contributed by atoms with van der Waals surface area (Å²) in [5.41, 5.74) is 7.83. The Labute approximate surface area is 98.9 Å². The van der Waals surface area contributed by atoms with Crippen LogP contribution in [0.25, 0.3) is 10.2 Å². The second kappa shape index (κ2) is 4.76. The lowest BCUT2D eigenvalue weighted by atomic mass is 10.2. The van der Waals surface area contributed by atoms with Crippen molar-refractivity contribution in [2.24, 2.45) is 11.7 Å². The van der Waals surface area contributed by atoms with Gasteiger partial charge in [0.25, 0.3) is 0 Å². The van der Waals surface area contributed by atoms with Crippen molar-refractivity contribution >= 4 is 27.4 Å². The van der Waals surface area contributed by atoms with Crippen LogP contribution >= 0.6 is 11.3 Å². The first kappa shape index (κ1) is 11.3. The topological polar surface area (TPSA) is 63.8 Å². The molecule has 5 heteroatoms. The van der Waals surface area contributed by atoms with Crippen LogP contribution in [0.1, 0.15) is 12.5 Å². The zero-order valence-electron chi connectivity index (χ0n) is 9.53. The summed E-state index contributed by atoms with van der Waals surface area (Å²) in [4.78, 5) is 8.56. The summed E-state index contributed by atoms with van der Waals surface area (Å²) in [7, 11) is 0. The molecule has 86 valence electrons. The summed E-state index contributed by atoms with van der Waals surface area (Å²) < 4.78 is 1.13. The van der Waals surface area contributed by atoms with E-state index in [9.17, 15) is 0 Å². The number of fused-ring (bicyclic) bond motifs is 1. The molecular weight excluding hydrogens is 220 g/mol. The molecule has 3 N–H and O–H groups in total. The SMILES string of the molecule is Cc1csc2c(NCC(C)CN)ncnc12. The predicted molar refractivity (Wildman–Crippen MR) is 68.9 cm³/mol. The molecule has 0 aliphatic rings. The quantitative estimate of drug-likeness (QED) is 0.852. The van der Waals surface area contributed by atoms with E-state index in [1.54, 1.807) is 17.7 Å². The predicted octanol–water partition coefficient (Wildman–Crippen LogP) is 2.01. The molecule has 0 radical (unpaired) electrons. The maximum Gasteiger partial charge on any atom is 0.147 e. The Morgan fingerprint density at radius 2 is 2.31 bits per heavy atom. The summed E-state index contributed by atoms with van der Waals surface area (Å²) in [6.07, 6.45) is 1.61. The molecule has 2 heterocycles. The van der Waals surface area contributed by atoms with Gasteiger partial charge in [-0.25, -0.2) is 9.97 Å². The minimum absolute atomic E-state index is 0.450. The van der Waals surface area contributed by atoms with Crippen LogP contribution in [0.4, 0.5) is 5.82 Å². The fourth-order valence-corrected chi connectivity index (χ4v) is 2.42. The van der Waals surface area contributed by atoms with Gasteiger partial charge in [0.1, 0.15) is 12.1 Å². The molecule has 0 spiro atoms. The van der Waals surface area contributed by atoms with Crippen LogP contribution in [0.5, 0.6) is 0 Å². The highest BCUT2D eigenvalue weighted by atomic mass is 32.1. The largest absolute Gasteiger partial charge is 0.368 e. The van der Waals surface area contributed by atoms with Gasteiger partial charge in [0, 0.05) is 6.54 Å². The van der Waals surface area contributed by atoms with Gasteiger partial charge in [-0.15, -0.1) is 11.3 Å². The summed E-state index contributed by atoms with van der Waals surface area (Å²) >= 11 is 1.68. The van der Waals surface area contributed by atoms with E-state index < -0.39 is 0 Å². The van der Waals surface area contributed by atoms with Crippen molar-refractivity contribution < 1.29 is 0 Å². The minimum atomic E-state index is 0.450. The summed E-state index contributed by atoms with van der Waals surface area (Å²) in [6, 6.07) is 0. The highest BCUT2D eigenvalue weighted by Gasteiger charge is 2.08. The molecule has 1 atom stereocenters. The summed E-state index contributed by atoms with van der Waals surface area (Å²) in [5.74, 6) is 1.37. The van der Waals surface area contributed by atoms with Crippen molar-refractivity contribution in [1.82, 2.24) is 9.97 Å². The van der Waals surface area contributed by atoms with Crippen molar-refractivity contribution in [1.29, 1.82) is 0 Å². The Kier molecular flexibility index (Phi) is 3.36. The second-order valence-electron chi connectivity index (χ2n) is 4.04. The Hall–Kier alpha value is -1.20. The number of nitrogens with zero attached hydrogens (tertiary/aromatic N) is 2. The number of aryl methyl sites for hydroxylation is 1. The first-order valence-electron chi connectivity index (χ1n) is 5.35. The van der Waals surface area contributed by atoms with E-state index in [1.165, 1.54) is 5.56 Å². The van der Waals surface area contributed by atoms with Crippen molar-refractivity contribution in [2.45, 2.75) is 13.8 Å². The molecule has 0 bridgehead atoms. The zero-order chi connectivity index (χ0) is 11.5. The van der Waals surface area contributed by atoms with E-state index >= 15 is 0 Å². The normalized spacial score (nSPS) is 12.9. The second-order valence-corrected chi connectivity index (χ2v) is 4.92. The molecule has 2 aromatic heterocycles. The van der Waals surface area contributed by atoms with Crippen molar-refractivity contribution in [2.75, 3.05) is 18.4 Å². The van der Waals surface area contributed by atoms with E-state index in [2.05, 4.69) is 34.5 Å². The molecule has 0 amide bonds. The number of hydrogen-bond acceptors (Lipinski definition) is 5. The Bertz CT molecular complexity index is 480. The molecular formula is C11H16N4S. The van der Waals surface area contributed by atoms with Crippen molar-refractivity contribution in [3.05, 3.63) is 17.3 Å². The number of aromatic nitrogens is 2. The highest BCUT2D eigenvalue weighted by molar-refractivity contribution is 7.18. The number of rotatable bonds is 4. The Morgan fingerprint density at radius 3 is 3.06 bits per heavy atom. The molecule has 0 aliphatic carbocycles. The van der Waals surface area contributed by atoms with Crippen molar-refractivity contribution in [3.8, 4) is 0 Å². The minimum Gasteiger partial charge on any atom is -0.368 e. The lowest BCUT2D eigenvalue weighted by molar-refractivity contribution is 0.627. The van der Waals surface area contributed by atoms with Crippen LogP contribution in [-0.4, -0.2) is 23.1 Å². The summed E-state index contributed by atoms with van der Waals surface area (Å²) in [5, 5.41) is 5.44. The van der Waals surface area contributed by atoms with Gasteiger partial charge in [-0.1, -0.05) is 6.92 Å². The molecule has 0 aliphatic heterocycles. The van der Waals surface area contributed by atoms with Crippen LogP contribution in [0.2, 0.25) is 0 Å². The van der Waals surface area contributed by atoms with E-state index in [0.29, 0.717) is 12.5 Å². The van der Waals surface area contributed by atoms with Crippen LogP contribution in [0.15, 0.2) is 11.7 Å². The van der Waals surface area contributed by atoms with Crippen LogP contribution in [-0.2, 0) is 0 Å². The molecule has 1 unspecified atom stereocenters. The fourth-order valence-electron chi connectivity index (χ4n) is 1.45. The van der Waals surface area contributed by atoms with Gasteiger partial charge in [0.05, 0.1) is 10.2 Å². The molecule has 4 nitrogen and oxygen atoms in total. The van der Waals surface area contributed by atoms with Gasteiger partial charge in [-0.05, 0) is 30.3 Å². The lowest BCUT2D eigenvalue weighted by Crippen LogP contribution is -2.20. The number of nitrogens with two attached hydrogens (primary N) is 1. The van der Waals surface area contributed by atoms with Crippen LogP contribution in [0, 0.1) is 12.8 Å². The molecule has 0 fully saturated rings. The first-order valence-corrected chi connectivity index (χ1v) is 6.23. The molecule has 16 heavy (non-hydrogen) atoms. The number of thiophene rings is 1. The fraction of sp³-hybridized carbons (Fsp3) is 0.455. The third-order valence-corrected chi connectivity index (χ3v) is 3.65. The van der Waals surface area contributed by atoms with E-state index in [4.69, 9.17) is 5.73 Å². The van der Waals surface area contributed by atoms with Gasteiger partial charge in [0.2, 0.25) is 0 Å². The Morgan fingerprint density at radius 1 is 1.50 bits per heavy atom. The molecule has 0 saturated carbocycles. The average Bonchev–Trinajstić information content (AvgIpc) is 2.69. The first-order chi connectivity index (χ1) is 7.72. The van der Waals surface area contributed by atoms with Gasteiger partial charge in [-0.2, -0.15) is 0 Å².